The van der Waals surface area contributed by atoms with E-state index in [0.29, 0.717) is 6.04 Å². The van der Waals surface area contributed by atoms with Crippen LogP contribution in [0, 0.1) is 5.92 Å². The normalized spacial score (nSPS) is 32.0. The predicted octanol–water partition coefficient (Wildman–Crippen LogP) is 1.37. The van der Waals surface area contributed by atoms with Crippen molar-refractivity contribution in [3.05, 3.63) is 0 Å². The molecule has 1 rings (SSSR count). The third kappa shape index (κ3) is 3.11. The largest absolute Gasteiger partial charge is 0.315 e. The van der Waals surface area contributed by atoms with E-state index in [0.717, 1.165) is 12.5 Å². The Balaban J connectivity index is 2.39. The van der Waals surface area contributed by atoms with Crippen molar-refractivity contribution in [1.29, 1.82) is 0 Å². The van der Waals surface area contributed by atoms with Gasteiger partial charge < -0.3 is 10.6 Å². The lowest BCUT2D eigenvalue weighted by molar-refractivity contribution is 0.244. The second kappa shape index (κ2) is 3.75. The van der Waals surface area contributed by atoms with Gasteiger partial charge >= 0.3 is 0 Å². The average molecular weight is 170 g/mol. The summed E-state index contributed by atoms with van der Waals surface area (Å²) in [7, 11) is 0. The summed E-state index contributed by atoms with van der Waals surface area (Å²) in [5, 5.41) is 7.07. The molecule has 1 aliphatic heterocycles. The number of hydrogen-bond acceptors (Lipinski definition) is 2. The predicted molar refractivity (Wildman–Crippen MR) is 53.3 cm³/mol. The molecular weight excluding hydrogens is 148 g/mol. The van der Waals surface area contributed by atoms with Crippen LogP contribution in [0.5, 0.6) is 0 Å². The second-order valence-corrected chi connectivity index (χ2v) is 4.97. The van der Waals surface area contributed by atoms with Crippen molar-refractivity contribution in [2.75, 3.05) is 13.1 Å². The van der Waals surface area contributed by atoms with Gasteiger partial charge in [-0.1, -0.05) is 6.92 Å². The van der Waals surface area contributed by atoms with Gasteiger partial charge in [0.1, 0.15) is 0 Å². The molecule has 0 spiro atoms. The molecule has 0 aliphatic carbocycles. The standard InChI is InChI=1S/C10H22N2/c1-8-5-6-11-7-9(8)12-10(2,3)4/h8-9,11-12H,5-7H2,1-4H3/t8-,9+/m1/s1. The van der Waals surface area contributed by atoms with Crippen LogP contribution in [0.1, 0.15) is 34.1 Å². The van der Waals surface area contributed by atoms with Crippen LogP contribution in [-0.2, 0) is 0 Å². The van der Waals surface area contributed by atoms with Gasteiger partial charge in [0.05, 0.1) is 0 Å². The monoisotopic (exact) mass is 170 g/mol. The molecule has 0 unspecified atom stereocenters. The summed E-state index contributed by atoms with van der Waals surface area (Å²) in [6.45, 7) is 11.3. The first-order valence-electron chi connectivity index (χ1n) is 4.97. The van der Waals surface area contributed by atoms with Crippen molar-refractivity contribution in [2.45, 2.75) is 45.7 Å². The van der Waals surface area contributed by atoms with Crippen molar-refractivity contribution in [2.24, 2.45) is 5.92 Å². The fourth-order valence-electron chi connectivity index (χ4n) is 1.74. The topological polar surface area (TPSA) is 24.1 Å². The molecular formula is C10H22N2. The molecule has 12 heavy (non-hydrogen) atoms. The molecule has 0 aromatic carbocycles. The minimum Gasteiger partial charge on any atom is -0.315 e. The molecule has 0 saturated carbocycles. The summed E-state index contributed by atoms with van der Waals surface area (Å²) >= 11 is 0. The minimum absolute atomic E-state index is 0.248. The summed E-state index contributed by atoms with van der Waals surface area (Å²) in [6, 6.07) is 0.652. The number of piperidine rings is 1. The molecule has 2 nitrogen and oxygen atoms in total. The van der Waals surface area contributed by atoms with E-state index in [-0.39, 0.29) is 5.54 Å². The van der Waals surface area contributed by atoms with Crippen LogP contribution in [0.15, 0.2) is 0 Å². The lowest BCUT2D eigenvalue weighted by atomic mass is 9.92. The molecule has 2 N–H and O–H groups in total. The Hall–Kier alpha value is -0.0800. The average Bonchev–Trinajstić information content (AvgIpc) is 1.91. The maximum absolute atomic E-state index is 3.65. The first-order valence-corrected chi connectivity index (χ1v) is 4.97. The zero-order valence-electron chi connectivity index (χ0n) is 8.78. The Morgan fingerprint density at radius 2 is 2.00 bits per heavy atom. The molecule has 1 saturated heterocycles. The first-order chi connectivity index (χ1) is 5.49. The molecule has 2 heteroatoms. The molecule has 72 valence electrons. The summed E-state index contributed by atoms with van der Waals surface area (Å²) in [5.41, 5.74) is 0.248. The van der Waals surface area contributed by atoms with Crippen molar-refractivity contribution >= 4 is 0 Å². The van der Waals surface area contributed by atoms with Crippen LogP contribution in [0.25, 0.3) is 0 Å². The summed E-state index contributed by atoms with van der Waals surface area (Å²) in [4.78, 5) is 0. The highest BCUT2D eigenvalue weighted by Gasteiger charge is 2.24. The second-order valence-electron chi connectivity index (χ2n) is 4.97. The molecule has 0 amide bonds. The van der Waals surface area contributed by atoms with Crippen LogP contribution in [0.2, 0.25) is 0 Å². The number of hydrogen-bond donors (Lipinski definition) is 2. The Morgan fingerprint density at radius 1 is 1.33 bits per heavy atom. The van der Waals surface area contributed by atoms with Crippen molar-refractivity contribution in [3.8, 4) is 0 Å². The van der Waals surface area contributed by atoms with E-state index >= 15 is 0 Å². The Morgan fingerprint density at radius 3 is 2.50 bits per heavy atom. The maximum Gasteiger partial charge on any atom is 0.0223 e. The van der Waals surface area contributed by atoms with Crippen molar-refractivity contribution < 1.29 is 0 Å². The summed E-state index contributed by atoms with van der Waals surface area (Å²) in [5.74, 6) is 0.811. The van der Waals surface area contributed by atoms with Crippen molar-refractivity contribution in [3.63, 3.8) is 0 Å². The van der Waals surface area contributed by atoms with Gasteiger partial charge in [-0.15, -0.1) is 0 Å². The Labute approximate surface area is 76.1 Å². The highest BCUT2D eigenvalue weighted by molar-refractivity contribution is 4.85. The Bertz CT molecular complexity index is 137. The van der Waals surface area contributed by atoms with E-state index in [1.807, 2.05) is 0 Å². The first kappa shape index (κ1) is 10.0. The lowest BCUT2D eigenvalue weighted by Gasteiger charge is -2.35. The van der Waals surface area contributed by atoms with Crippen molar-refractivity contribution in [1.82, 2.24) is 10.6 Å². The SMILES string of the molecule is C[C@@H]1CCNC[C@@H]1NC(C)(C)C. The van der Waals surface area contributed by atoms with E-state index < -0.39 is 0 Å². The molecule has 0 aromatic rings. The van der Waals surface area contributed by atoms with E-state index in [1.165, 1.54) is 13.0 Å². The van der Waals surface area contributed by atoms with Crippen LogP contribution >= 0.6 is 0 Å². The van der Waals surface area contributed by atoms with E-state index in [2.05, 4.69) is 38.3 Å². The summed E-state index contributed by atoms with van der Waals surface area (Å²) in [6.07, 6.45) is 1.30. The van der Waals surface area contributed by atoms with E-state index in [9.17, 15) is 0 Å². The quantitative estimate of drug-likeness (QED) is 0.621. The van der Waals surface area contributed by atoms with Crippen LogP contribution < -0.4 is 10.6 Å². The fraction of sp³-hybridized carbons (Fsp3) is 1.00. The smallest absolute Gasteiger partial charge is 0.0223 e. The van der Waals surface area contributed by atoms with E-state index in [1.54, 1.807) is 0 Å². The minimum atomic E-state index is 0.248. The van der Waals surface area contributed by atoms with Crippen LogP contribution in [0.4, 0.5) is 0 Å². The van der Waals surface area contributed by atoms with Gasteiger partial charge in [0, 0.05) is 18.1 Å². The highest BCUT2D eigenvalue weighted by atomic mass is 15.0. The number of nitrogens with one attached hydrogen (secondary N) is 2. The molecule has 1 heterocycles. The summed E-state index contributed by atoms with van der Waals surface area (Å²) < 4.78 is 0. The maximum atomic E-state index is 3.65. The third-order valence-corrected chi connectivity index (χ3v) is 2.45. The van der Waals surface area contributed by atoms with Crippen LogP contribution in [0.3, 0.4) is 0 Å². The van der Waals surface area contributed by atoms with Gasteiger partial charge in [-0.05, 0) is 39.7 Å². The van der Waals surface area contributed by atoms with Crippen LogP contribution in [-0.4, -0.2) is 24.7 Å². The van der Waals surface area contributed by atoms with Gasteiger partial charge in [0.15, 0.2) is 0 Å². The van der Waals surface area contributed by atoms with E-state index in [4.69, 9.17) is 0 Å². The van der Waals surface area contributed by atoms with Gasteiger partial charge in [0.2, 0.25) is 0 Å². The molecule has 1 fully saturated rings. The van der Waals surface area contributed by atoms with Gasteiger partial charge in [-0.2, -0.15) is 0 Å². The van der Waals surface area contributed by atoms with Gasteiger partial charge in [-0.25, -0.2) is 0 Å². The highest BCUT2D eigenvalue weighted by Crippen LogP contribution is 2.14. The molecule has 0 aromatic heterocycles. The third-order valence-electron chi connectivity index (χ3n) is 2.45. The molecule has 2 atom stereocenters. The molecule has 0 radical (unpaired) electrons. The zero-order valence-corrected chi connectivity index (χ0v) is 8.78. The Kier molecular flexibility index (Phi) is 3.13. The fourth-order valence-corrected chi connectivity index (χ4v) is 1.74. The molecule has 0 bridgehead atoms. The molecule has 1 aliphatic rings. The van der Waals surface area contributed by atoms with Gasteiger partial charge in [-0.3, -0.25) is 0 Å². The van der Waals surface area contributed by atoms with Gasteiger partial charge in [0.25, 0.3) is 0 Å². The lowest BCUT2D eigenvalue weighted by Crippen LogP contribution is -2.54. The zero-order chi connectivity index (χ0) is 9.19. The number of rotatable bonds is 1.